The molecule has 7 nitrogen and oxygen atoms in total. The molecule has 0 saturated carbocycles. The van der Waals surface area contributed by atoms with Crippen molar-refractivity contribution < 1.29 is 39.5 Å². The first-order chi connectivity index (χ1) is 14.2. The van der Waals surface area contributed by atoms with E-state index in [0.717, 1.165) is 31.7 Å². The first-order valence-corrected chi connectivity index (χ1v) is 9.75. The molecule has 30 heavy (non-hydrogen) atoms. The smallest absolute Gasteiger partial charge is 0.550 e. The van der Waals surface area contributed by atoms with Crippen molar-refractivity contribution >= 4 is 17.6 Å². The number of nitrogens with zero attached hydrogens (tertiary/aromatic N) is 4. The Bertz CT molecular complexity index is 973. The molecular weight excluding hydrogens is 389 g/mol. The molecule has 0 atom stereocenters. The van der Waals surface area contributed by atoms with Gasteiger partial charge < -0.3 is 20.1 Å². The number of carboxylic acid groups (broad SMARTS) is 1. The van der Waals surface area contributed by atoms with Crippen molar-refractivity contribution in [1.29, 1.82) is 0 Å². The van der Waals surface area contributed by atoms with Gasteiger partial charge in [-0.15, -0.1) is 0 Å². The van der Waals surface area contributed by atoms with E-state index in [4.69, 9.17) is 4.98 Å². The van der Waals surface area contributed by atoms with Crippen molar-refractivity contribution in [3.05, 3.63) is 65.9 Å². The number of hydrogen-bond acceptors (Lipinski definition) is 7. The first-order valence-electron chi connectivity index (χ1n) is 9.75. The van der Waals surface area contributed by atoms with Crippen LogP contribution in [0, 0.1) is 0 Å². The Morgan fingerprint density at radius 2 is 1.73 bits per heavy atom. The van der Waals surface area contributed by atoms with Gasteiger partial charge in [0.1, 0.15) is 17.3 Å². The van der Waals surface area contributed by atoms with Gasteiger partial charge in [0.2, 0.25) is 0 Å². The number of aromatic nitrogens is 3. The first kappa shape index (κ1) is 22.2. The largest absolute Gasteiger partial charge is 1.00 e. The molecule has 2 aromatic heterocycles. The Hall–Kier alpha value is -2.48. The van der Waals surface area contributed by atoms with E-state index in [0.29, 0.717) is 17.3 Å². The maximum absolute atomic E-state index is 10.7. The summed E-state index contributed by atoms with van der Waals surface area (Å²) in [5.41, 5.74) is 3.43. The topological polar surface area (TPSA) is 94.1 Å². The summed E-state index contributed by atoms with van der Waals surface area (Å²) in [4.78, 5) is 26.6. The van der Waals surface area contributed by atoms with E-state index in [-0.39, 0.29) is 42.5 Å². The van der Waals surface area contributed by atoms with Crippen LogP contribution in [0.25, 0.3) is 11.5 Å². The molecule has 0 bridgehead atoms. The van der Waals surface area contributed by atoms with Crippen molar-refractivity contribution in [3.8, 4) is 11.5 Å². The number of anilines is 2. The van der Waals surface area contributed by atoms with Crippen LogP contribution in [-0.4, -0.2) is 40.6 Å². The van der Waals surface area contributed by atoms with Crippen LogP contribution in [0.5, 0.6) is 0 Å². The van der Waals surface area contributed by atoms with Gasteiger partial charge in [-0.25, -0.2) is 9.97 Å². The quantitative estimate of drug-likeness (QED) is 0.504. The van der Waals surface area contributed by atoms with Crippen molar-refractivity contribution in [1.82, 2.24) is 15.0 Å². The summed E-state index contributed by atoms with van der Waals surface area (Å²) in [6, 6.07) is 16.0. The van der Waals surface area contributed by atoms with E-state index < -0.39 is 5.97 Å². The Balaban J connectivity index is 0.00000256. The SMILES string of the molecule is O=C([O-])CCNc1cc(N2CCc3ccccc3CC2)nc(-c2ccccn2)n1.[Na+]. The molecule has 8 heteroatoms. The standard InChI is InChI=1S/C22H23N5O2.Na/c28-21(29)8-12-24-19-15-20(26-22(25-19)18-7-3-4-11-23-18)27-13-9-16-5-1-2-6-17(16)10-14-27;/h1-7,11,15H,8-10,12-14H2,(H,28,29)(H,24,25,26);/q;+1/p-1. The van der Waals surface area contributed by atoms with Crippen LogP contribution in [0.1, 0.15) is 17.5 Å². The van der Waals surface area contributed by atoms with E-state index in [1.54, 1.807) is 6.20 Å². The summed E-state index contributed by atoms with van der Waals surface area (Å²) < 4.78 is 0. The van der Waals surface area contributed by atoms with Gasteiger partial charge in [-0.1, -0.05) is 30.3 Å². The molecule has 0 saturated heterocycles. The van der Waals surface area contributed by atoms with Gasteiger partial charge in [0.05, 0.1) is 0 Å². The maximum atomic E-state index is 10.7. The molecule has 148 valence electrons. The van der Waals surface area contributed by atoms with Crippen LogP contribution in [-0.2, 0) is 17.6 Å². The van der Waals surface area contributed by atoms with Crippen LogP contribution >= 0.6 is 0 Å². The van der Waals surface area contributed by atoms with Gasteiger partial charge in [-0.3, -0.25) is 4.98 Å². The number of fused-ring (bicyclic) bond motifs is 1. The molecule has 1 aliphatic heterocycles. The Morgan fingerprint density at radius 3 is 2.37 bits per heavy atom. The van der Waals surface area contributed by atoms with Crippen LogP contribution < -0.4 is 44.9 Å². The number of carbonyl (C=O) groups is 1. The summed E-state index contributed by atoms with van der Waals surface area (Å²) in [6.07, 6.45) is 3.52. The van der Waals surface area contributed by atoms with E-state index >= 15 is 0 Å². The Morgan fingerprint density at radius 1 is 1.03 bits per heavy atom. The van der Waals surface area contributed by atoms with Crippen LogP contribution in [0.4, 0.5) is 11.6 Å². The second kappa shape index (κ2) is 10.5. The average Bonchev–Trinajstić information content (AvgIpc) is 2.97. The Kier molecular flexibility index (Phi) is 7.79. The fraction of sp³-hybridized carbons (Fsp3) is 0.273. The fourth-order valence-electron chi connectivity index (χ4n) is 3.49. The van der Waals surface area contributed by atoms with Gasteiger partial charge in [0.15, 0.2) is 5.82 Å². The normalized spacial score (nSPS) is 13.0. The van der Waals surface area contributed by atoms with Crippen molar-refractivity contribution in [3.63, 3.8) is 0 Å². The number of nitrogens with one attached hydrogen (secondary N) is 1. The molecule has 3 heterocycles. The number of carbonyl (C=O) groups excluding carboxylic acids is 1. The zero-order chi connectivity index (χ0) is 20.1. The zero-order valence-corrected chi connectivity index (χ0v) is 19.0. The van der Waals surface area contributed by atoms with E-state index in [9.17, 15) is 9.90 Å². The zero-order valence-electron chi connectivity index (χ0n) is 17.0. The number of carboxylic acids is 1. The van der Waals surface area contributed by atoms with Gasteiger partial charge in [-0.2, -0.15) is 0 Å². The molecular formula is C22H22N5NaO2. The molecule has 0 spiro atoms. The third kappa shape index (κ3) is 5.56. The summed E-state index contributed by atoms with van der Waals surface area (Å²) in [5, 5.41) is 13.8. The molecule has 1 N–H and O–H groups in total. The number of rotatable bonds is 6. The van der Waals surface area contributed by atoms with Crippen LogP contribution in [0.3, 0.4) is 0 Å². The molecule has 0 radical (unpaired) electrons. The molecule has 0 amide bonds. The molecule has 3 aromatic rings. The van der Waals surface area contributed by atoms with Crippen LogP contribution in [0.15, 0.2) is 54.7 Å². The van der Waals surface area contributed by atoms with E-state index in [2.05, 4.69) is 44.5 Å². The summed E-state index contributed by atoms with van der Waals surface area (Å²) in [6.45, 7) is 1.95. The predicted octanol–water partition coefficient (Wildman–Crippen LogP) is -1.30. The van der Waals surface area contributed by atoms with Crippen molar-refractivity contribution in [2.24, 2.45) is 0 Å². The summed E-state index contributed by atoms with van der Waals surface area (Å²) in [5.74, 6) is 0.811. The van der Waals surface area contributed by atoms with Gasteiger partial charge in [-0.05, 0) is 36.1 Å². The minimum absolute atomic E-state index is 0. The molecule has 4 rings (SSSR count). The van der Waals surface area contributed by atoms with Crippen LogP contribution in [0.2, 0.25) is 0 Å². The van der Waals surface area contributed by atoms with Gasteiger partial charge in [0, 0.05) is 44.3 Å². The third-order valence-electron chi connectivity index (χ3n) is 4.99. The average molecular weight is 411 g/mol. The molecule has 0 unspecified atom stereocenters. The molecule has 1 aliphatic rings. The van der Waals surface area contributed by atoms with E-state index in [1.807, 2.05) is 24.3 Å². The van der Waals surface area contributed by atoms with Crippen molar-refractivity contribution in [2.45, 2.75) is 19.3 Å². The number of aliphatic carboxylic acids is 1. The van der Waals surface area contributed by atoms with Gasteiger partial charge >= 0.3 is 29.6 Å². The summed E-state index contributed by atoms with van der Waals surface area (Å²) in [7, 11) is 0. The number of pyridine rings is 1. The van der Waals surface area contributed by atoms with E-state index in [1.165, 1.54) is 11.1 Å². The molecule has 0 aliphatic carbocycles. The minimum Gasteiger partial charge on any atom is -0.550 e. The second-order valence-electron chi connectivity index (χ2n) is 6.95. The molecule has 1 aromatic carbocycles. The van der Waals surface area contributed by atoms with Crippen molar-refractivity contribution in [2.75, 3.05) is 29.9 Å². The number of benzene rings is 1. The van der Waals surface area contributed by atoms with Gasteiger partial charge in [0.25, 0.3) is 0 Å². The third-order valence-corrected chi connectivity index (χ3v) is 4.99. The monoisotopic (exact) mass is 411 g/mol. The second-order valence-corrected chi connectivity index (χ2v) is 6.95. The minimum atomic E-state index is -1.10. The predicted molar refractivity (Wildman–Crippen MR) is 109 cm³/mol. The Labute approximate surface area is 197 Å². The molecule has 0 fully saturated rings. The maximum Gasteiger partial charge on any atom is 1.00 e. The summed E-state index contributed by atoms with van der Waals surface area (Å²) >= 11 is 0. The fourth-order valence-corrected chi connectivity index (χ4v) is 3.49. The number of hydrogen-bond donors (Lipinski definition) is 1.